The summed E-state index contributed by atoms with van der Waals surface area (Å²) in [5, 5.41) is 3.05. The third-order valence-electron chi connectivity index (χ3n) is 7.29. The average molecular weight is 455 g/mol. The van der Waals surface area contributed by atoms with Crippen molar-refractivity contribution in [2.75, 3.05) is 40.0 Å². The largest absolute Gasteiger partial charge is 0.497 e. The number of nitrogens with one attached hydrogen (secondary N) is 1. The van der Waals surface area contributed by atoms with E-state index in [1.54, 1.807) is 7.11 Å². The molecule has 3 aliphatic rings. The Morgan fingerprint density at radius 2 is 1.97 bits per heavy atom. The van der Waals surface area contributed by atoms with Gasteiger partial charge in [0.25, 0.3) is 5.91 Å². The molecule has 1 aromatic carbocycles. The molecule has 3 aliphatic heterocycles. The zero-order chi connectivity index (χ0) is 22.7. The number of carbonyl (C=O) groups excluding carboxylic acids is 1. The third-order valence-corrected chi connectivity index (χ3v) is 7.29. The summed E-state index contributed by atoms with van der Waals surface area (Å²) in [5.74, 6) is 2.42. The Bertz CT molecular complexity index is 930. The van der Waals surface area contributed by atoms with Gasteiger partial charge in [-0.2, -0.15) is 0 Å². The number of rotatable bonds is 6. The number of nitrogens with zero attached hydrogens (tertiary/aromatic N) is 3. The molecule has 0 radical (unpaired) electrons. The number of fused-ring (bicyclic) bond motifs is 2. The highest BCUT2D eigenvalue weighted by atomic mass is 16.5. The molecule has 1 N–H and O–H groups in total. The Morgan fingerprint density at radius 3 is 2.70 bits per heavy atom. The maximum atomic E-state index is 13.1. The third kappa shape index (κ3) is 4.93. The summed E-state index contributed by atoms with van der Waals surface area (Å²) >= 11 is 0. The van der Waals surface area contributed by atoms with E-state index in [9.17, 15) is 4.79 Å². The minimum Gasteiger partial charge on any atom is -0.497 e. The molecule has 2 fully saturated rings. The topological polar surface area (TPSA) is 77.9 Å². The van der Waals surface area contributed by atoms with Gasteiger partial charge >= 0.3 is 0 Å². The van der Waals surface area contributed by atoms with Crippen LogP contribution in [0.15, 0.2) is 36.7 Å². The molecule has 1 atom stereocenters. The number of imidazole rings is 1. The van der Waals surface area contributed by atoms with E-state index in [1.165, 1.54) is 0 Å². The van der Waals surface area contributed by atoms with Crippen LogP contribution in [0.1, 0.15) is 37.1 Å². The van der Waals surface area contributed by atoms with Gasteiger partial charge in [0, 0.05) is 51.8 Å². The van der Waals surface area contributed by atoms with Crippen LogP contribution in [-0.4, -0.2) is 66.4 Å². The van der Waals surface area contributed by atoms with E-state index in [4.69, 9.17) is 14.2 Å². The number of aromatic nitrogens is 2. The minimum atomic E-state index is -0.521. The normalized spacial score (nSPS) is 23.2. The van der Waals surface area contributed by atoms with Crippen molar-refractivity contribution in [3.63, 3.8) is 0 Å². The summed E-state index contributed by atoms with van der Waals surface area (Å²) < 4.78 is 19.4. The smallest absolute Gasteiger partial charge is 0.251 e. The SMILES string of the molecule is COc1ccc(CNC(=O)C2Cn3ccnc3C3(CCN(CC4CCOCC4)CC3)O2)cc1. The second-order valence-corrected chi connectivity index (χ2v) is 9.43. The fraction of sp³-hybridized carbons (Fsp3) is 0.600. The van der Waals surface area contributed by atoms with Crippen LogP contribution in [0.3, 0.4) is 0 Å². The number of likely N-dealkylation sites (tertiary alicyclic amines) is 1. The highest BCUT2D eigenvalue weighted by Crippen LogP contribution is 2.40. The molecule has 8 nitrogen and oxygen atoms in total. The summed E-state index contributed by atoms with van der Waals surface area (Å²) in [5.41, 5.74) is 0.537. The molecule has 4 heterocycles. The van der Waals surface area contributed by atoms with Crippen LogP contribution in [0.25, 0.3) is 0 Å². The van der Waals surface area contributed by atoms with Gasteiger partial charge in [-0.1, -0.05) is 12.1 Å². The van der Waals surface area contributed by atoms with Crippen molar-refractivity contribution in [2.45, 2.75) is 50.5 Å². The van der Waals surface area contributed by atoms with Crippen molar-refractivity contribution < 1.29 is 19.0 Å². The first kappa shape index (κ1) is 22.4. The van der Waals surface area contributed by atoms with Crippen LogP contribution in [-0.2, 0) is 33.0 Å². The van der Waals surface area contributed by atoms with Crippen LogP contribution < -0.4 is 10.1 Å². The van der Waals surface area contributed by atoms with Crippen molar-refractivity contribution in [1.82, 2.24) is 19.8 Å². The number of amides is 1. The van der Waals surface area contributed by atoms with Gasteiger partial charge in [0.1, 0.15) is 17.2 Å². The fourth-order valence-electron chi connectivity index (χ4n) is 5.31. The Morgan fingerprint density at radius 1 is 1.21 bits per heavy atom. The first-order chi connectivity index (χ1) is 16.1. The van der Waals surface area contributed by atoms with Crippen LogP contribution in [0.4, 0.5) is 0 Å². The van der Waals surface area contributed by atoms with Crippen molar-refractivity contribution in [2.24, 2.45) is 5.92 Å². The molecule has 1 amide bonds. The molecule has 0 saturated carbocycles. The first-order valence-electron chi connectivity index (χ1n) is 12.1. The summed E-state index contributed by atoms with van der Waals surface area (Å²) in [6, 6.07) is 7.73. The van der Waals surface area contributed by atoms with Gasteiger partial charge in [-0.25, -0.2) is 4.98 Å². The Balaban J connectivity index is 1.21. The predicted molar refractivity (Wildman–Crippen MR) is 123 cm³/mol. The number of methoxy groups -OCH3 is 1. The molecule has 5 rings (SSSR count). The van der Waals surface area contributed by atoms with Gasteiger partial charge in [-0.05, 0) is 49.3 Å². The van der Waals surface area contributed by atoms with E-state index in [2.05, 4.69) is 19.8 Å². The molecule has 8 heteroatoms. The Hall–Kier alpha value is -2.42. The molecule has 1 aromatic heterocycles. The van der Waals surface area contributed by atoms with E-state index in [0.717, 1.165) is 81.6 Å². The van der Waals surface area contributed by atoms with E-state index in [0.29, 0.717) is 13.1 Å². The molecular weight excluding hydrogens is 420 g/mol. The quantitative estimate of drug-likeness (QED) is 0.722. The molecule has 33 heavy (non-hydrogen) atoms. The number of hydrogen-bond donors (Lipinski definition) is 1. The maximum absolute atomic E-state index is 13.1. The van der Waals surface area contributed by atoms with Crippen molar-refractivity contribution in [3.8, 4) is 5.75 Å². The second-order valence-electron chi connectivity index (χ2n) is 9.43. The standard InChI is InChI=1S/C25H34N4O4/c1-31-21-4-2-19(3-5-21)16-27-23(30)22-18-29-13-10-26-24(29)25(33-22)8-11-28(12-9-25)17-20-6-14-32-15-7-20/h2-5,10,13,20,22H,6-9,11-12,14-18H2,1H3,(H,27,30). The van der Waals surface area contributed by atoms with Crippen LogP contribution in [0, 0.1) is 5.92 Å². The lowest BCUT2D eigenvalue weighted by Crippen LogP contribution is -2.54. The molecule has 178 valence electrons. The van der Waals surface area contributed by atoms with Gasteiger partial charge in [0.05, 0.1) is 13.7 Å². The lowest BCUT2D eigenvalue weighted by Gasteiger charge is -2.46. The molecule has 2 saturated heterocycles. The zero-order valence-electron chi connectivity index (χ0n) is 19.4. The van der Waals surface area contributed by atoms with E-state index in [1.807, 2.05) is 36.7 Å². The number of piperidine rings is 1. The summed E-state index contributed by atoms with van der Waals surface area (Å²) in [6.07, 6.45) is 7.29. The highest BCUT2D eigenvalue weighted by Gasteiger charge is 2.47. The summed E-state index contributed by atoms with van der Waals surface area (Å²) in [7, 11) is 1.65. The van der Waals surface area contributed by atoms with Gasteiger partial charge in [0.15, 0.2) is 6.10 Å². The second kappa shape index (κ2) is 9.83. The number of hydrogen-bond acceptors (Lipinski definition) is 6. The maximum Gasteiger partial charge on any atom is 0.251 e. The zero-order valence-corrected chi connectivity index (χ0v) is 19.4. The summed E-state index contributed by atoms with van der Waals surface area (Å²) in [4.78, 5) is 20.2. The van der Waals surface area contributed by atoms with Gasteiger partial charge < -0.3 is 29.0 Å². The first-order valence-corrected chi connectivity index (χ1v) is 12.1. The number of carbonyl (C=O) groups is 1. The monoisotopic (exact) mass is 454 g/mol. The molecule has 0 bridgehead atoms. The molecule has 2 aromatic rings. The summed E-state index contributed by atoms with van der Waals surface area (Å²) in [6.45, 7) is 5.78. The number of benzene rings is 1. The van der Waals surface area contributed by atoms with Crippen LogP contribution in [0.2, 0.25) is 0 Å². The lowest BCUT2D eigenvalue weighted by molar-refractivity contribution is -0.174. The van der Waals surface area contributed by atoms with Gasteiger partial charge in [0.2, 0.25) is 0 Å². The predicted octanol–water partition coefficient (Wildman–Crippen LogP) is 2.32. The molecule has 0 aliphatic carbocycles. The highest BCUT2D eigenvalue weighted by molar-refractivity contribution is 5.81. The minimum absolute atomic E-state index is 0.0748. The van der Waals surface area contributed by atoms with Crippen molar-refractivity contribution in [3.05, 3.63) is 48.0 Å². The van der Waals surface area contributed by atoms with Crippen LogP contribution in [0.5, 0.6) is 5.75 Å². The molecular formula is C25H34N4O4. The fourth-order valence-corrected chi connectivity index (χ4v) is 5.31. The Kier molecular flexibility index (Phi) is 6.66. The Labute approximate surface area is 195 Å². The lowest BCUT2D eigenvalue weighted by atomic mass is 9.87. The van der Waals surface area contributed by atoms with E-state index in [-0.39, 0.29) is 5.91 Å². The number of ether oxygens (including phenoxy) is 3. The van der Waals surface area contributed by atoms with Gasteiger partial charge in [-0.15, -0.1) is 0 Å². The molecule has 1 unspecified atom stereocenters. The van der Waals surface area contributed by atoms with Crippen molar-refractivity contribution in [1.29, 1.82) is 0 Å². The average Bonchev–Trinajstić information content (AvgIpc) is 3.35. The van der Waals surface area contributed by atoms with E-state index < -0.39 is 11.7 Å². The van der Waals surface area contributed by atoms with Crippen LogP contribution >= 0.6 is 0 Å². The van der Waals surface area contributed by atoms with Crippen molar-refractivity contribution >= 4 is 5.91 Å². The molecule has 1 spiro atoms. The van der Waals surface area contributed by atoms with E-state index >= 15 is 0 Å². The van der Waals surface area contributed by atoms with Gasteiger partial charge in [-0.3, -0.25) is 4.79 Å².